The van der Waals surface area contributed by atoms with Gasteiger partial charge in [0.05, 0.1) is 12.7 Å². The molecular weight excluding hydrogens is 324 g/mol. The number of aromatic carboxylic acids is 1. The maximum Gasteiger partial charge on any atom is 0.339 e. The number of likely N-dealkylation sites (tertiary alicyclic amines) is 1. The predicted octanol–water partition coefficient (Wildman–Crippen LogP) is 4.09. The molecule has 1 aliphatic heterocycles. The fraction of sp³-hybridized carbons (Fsp3) is 0.333. The quantitative estimate of drug-likeness (QED) is 0.887. The maximum absolute atomic E-state index is 11.4. The van der Waals surface area contributed by atoms with E-state index in [9.17, 15) is 9.90 Å². The number of thiophene rings is 1. The van der Waals surface area contributed by atoms with Crippen LogP contribution in [0.1, 0.15) is 34.3 Å². The Labute approximate surface area is 145 Å². The van der Waals surface area contributed by atoms with Crippen molar-refractivity contribution in [3.05, 3.63) is 46.3 Å². The lowest BCUT2D eigenvalue weighted by Gasteiger charge is -2.19. The van der Waals surface area contributed by atoms with Crippen molar-refractivity contribution in [1.82, 2.24) is 4.90 Å². The summed E-state index contributed by atoms with van der Waals surface area (Å²) in [6.07, 6.45) is 1.92. The molecule has 2 aromatic rings. The molecule has 2 heterocycles. The van der Waals surface area contributed by atoms with Crippen molar-refractivity contribution in [2.24, 2.45) is 4.99 Å². The smallest absolute Gasteiger partial charge is 0.339 e. The van der Waals surface area contributed by atoms with Crippen LogP contribution in [-0.2, 0) is 6.54 Å². The summed E-state index contributed by atoms with van der Waals surface area (Å²) in [5.41, 5.74) is 2.28. The summed E-state index contributed by atoms with van der Waals surface area (Å²) in [4.78, 5) is 18.3. The second-order valence-corrected chi connectivity index (χ2v) is 6.66. The zero-order chi connectivity index (χ0) is 17.1. The third-order valence-corrected chi connectivity index (χ3v) is 5.12. The van der Waals surface area contributed by atoms with Crippen LogP contribution in [-0.4, -0.2) is 35.5 Å². The number of benzene rings is 1. The van der Waals surface area contributed by atoms with E-state index in [1.54, 1.807) is 7.11 Å². The summed E-state index contributed by atoms with van der Waals surface area (Å²) in [5, 5.41) is 11.8. The average molecular weight is 344 g/mol. The Morgan fingerprint density at radius 3 is 2.79 bits per heavy atom. The molecule has 1 fully saturated rings. The lowest BCUT2D eigenvalue weighted by atomic mass is 10.2. The Morgan fingerprint density at radius 1 is 1.38 bits per heavy atom. The number of methoxy groups -OCH3 is 1. The Hall–Kier alpha value is -2.34. The molecule has 0 radical (unpaired) electrons. The first-order valence-electron chi connectivity index (χ1n) is 7.85. The van der Waals surface area contributed by atoms with E-state index in [-0.39, 0.29) is 0 Å². The molecule has 24 heavy (non-hydrogen) atoms. The van der Waals surface area contributed by atoms with Crippen LogP contribution in [0, 0.1) is 6.92 Å². The number of rotatable bonds is 5. The third-order valence-electron chi connectivity index (χ3n) is 4.13. The van der Waals surface area contributed by atoms with Gasteiger partial charge in [-0.05, 0) is 42.0 Å². The van der Waals surface area contributed by atoms with E-state index in [1.807, 2.05) is 36.6 Å². The monoisotopic (exact) mass is 344 g/mol. The minimum Gasteiger partial charge on any atom is -0.497 e. The Morgan fingerprint density at radius 2 is 2.12 bits per heavy atom. The van der Waals surface area contributed by atoms with Crippen LogP contribution in [0.2, 0.25) is 0 Å². The van der Waals surface area contributed by atoms with Crippen LogP contribution < -0.4 is 4.74 Å². The number of carboxylic acids is 1. The molecule has 0 unspecified atom stereocenters. The zero-order valence-electron chi connectivity index (χ0n) is 13.8. The van der Waals surface area contributed by atoms with Gasteiger partial charge in [0.2, 0.25) is 0 Å². The standard InChI is InChI=1S/C18H20N2O3S/c1-12-11-24-17(16(12)18(21)22)19-15-4-3-9-20(15)10-13-5-7-14(23-2)8-6-13/h5-8,11H,3-4,9-10H2,1-2H3,(H,21,22). The molecule has 1 aromatic carbocycles. The summed E-state index contributed by atoms with van der Waals surface area (Å²) in [6.45, 7) is 3.53. The molecule has 5 nitrogen and oxygen atoms in total. The SMILES string of the molecule is COc1ccc(CN2CCCC2=Nc2scc(C)c2C(=O)O)cc1. The Balaban J connectivity index is 1.81. The summed E-state index contributed by atoms with van der Waals surface area (Å²) < 4.78 is 5.19. The molecule has 1 saturated heterocycles. The van der Waals surface area contributed by atoms with Crippen molar-refractivity contribution < 1.29 is 14.6 Å². The number of hydrogen-bond acceptors (Lipinski definition) is 4. The normalized spacial score (nSPS) is 15.9. The van der Waals surface area contributed by atoms with Crippen molar-refractivity contribution in [3.63, 3.8) is 0 Å². The highest BCUT2D eigenvalue weighted by atomic mass is 32.1. The molecule has 0 saturated carbocycles. The lowest BCUT2D eigenvalue weighted by molar-refractivity contribution is 0.0697. The van der Waals surface area contributed by atoms with Crippen molar-refractivity contribution in [3.8, 4) is 5.75 Å². The largest absolute Gasteiger partial charge is 0.497 e. The van der Waals surface area contributed by atoms with Gasteiger partial charge in [-0.25, -0.2) is 9.79 Å². The maximum atomic E-state index is 11.4. The van der Waals surface area contributed by atoms with Gasteiger partial charge in [-0.1, -0.05) is 12.1 Å². The minimum absolute atomic E-state index is 0.323. The molecule has 0 aliphatic carbocycles. The predicted molar refractivity (Wildman–Crippen MR) is 95.7 cm³/mol. The minimum atomic E-state index is -0.909. The number of ether oxygens (including phenoxy) is 1. The van der Waals surface area contributed by atoms with E-state index in [0.717, 1.165) is 43.1 Å². The topological polar surface area (TPSA) is 62.1 Å². The van der Waals surface area contributed by atoms with Gasteiger partial charge in [0.15, 0.2) is 0 Å². The first-order chi connectivity index (χ1) is 11.6. The van der Waals surface area contributed by atoms with Crippen LogP contribution in [0.3, 0.4) is 0 Å². The van der Waals surface area contributed by atoms with Gasteiger partial charge >= 0.3 is 5.97 Å². The van der Waals surface area contributed by atoms with Gasteiger partial charge < -0.3 is 14.7 Å². The van der Waals surface area contributed by atoms with Crippen molar-refractivity contribution in [2.75, 3.05) is 13.7 Å². The molecule has 0 bridgehead atoms. The van der Waals surface area contributed by atoms with Crippen molar-refractivity contribution >= 4 is 28.1 Å². The van der Waals surface area contributed by atoms with E-state index >= 15 is 0 Å². The van der Waals surface area contributed by atoms with Gasteiger partial charge in [-0.15, -0.1) is 11.3 Å². The molecule has 126 valence electrons. The first-order valence-corrected chi connectivity index (χ1v) is 8.73. The van der Waals surface area contributed by atoms with E-state index in [0.29, 0.717) is 10.6 Å². The molecule has 0 atom stereocenters. The Kier molecular flexibility index (Phi) is 4.85. The lowest BCUT2D eigenvalue weighted by Crippen LogP contribution is -2.24. The number of aryl methyl sites for hydroxylation is 1. The zero-order valence-corrected chi connectivity index (χ0v) is 14.6. The summed E-state index contributed by atoms with van der Waals surface area (Å²) in [6, 6.07) is 8.00. The van der Waals surface area contributed by atoms with Crippen LogP contribution >= 0.6 is 11.3 Å². The van der Waals surface area contributed by atoms with Crippen molar-refractivity contribution in [2.45, 2.75) is 26.3 Å². The molecular formula is C18H20N2O3S. The summed E-state index contributed by atoms with van der Waals surface area (Å²) >= 11 is 1.39. The molecule has 0 amide bonds. The number of nitrogens with zero attached hydrogens (tertiary/aromatic N) is 2. The molecule has 1 aromatic heterocycles. The van der Waals surface area contributed by atoms with Crippen molar-refractivity contribution in [1.29, 1.82) is 0 Å². The van der Waals surface area contributed by atoms with E-state index < -0.39 is 5.97 Å². The number of carboxylic acid groups (broad SMARTS) is 1. The van der Waals surface area contributed by atoms with Gasteiger partial charge in [0, 0.05) is 19.5 Å². The fourth-order valence-electron chi connectivity index (χ4n) is 2.85. The summed E-state index contributed by atoms with van der Waals surface area (Å²) in [7, 11) is 1.66. The first kappa shape index (κ1) is 16.5. The van der Waals surface area contributed by atoms with Crippen LogP contribution in [0.25, 0.3) is 0 Å². The number of aliphatic imine (C=N–C) groups is 1. The van der Waals surface area contributed by atoms with Crippen LogP contribution in [0.4, 0.5) is 5.00 Å². The van der Waals surface area contributed by atoms with E-state index in [2.05, 4.69) is 9.89 Å². The summed E-state index contributed by atoms with van der Waals surface area (Å²) in [5.74, 6) is 0.900. The van der Waals surface area contributed by atoms with E-state index in [4.69, 9.17) is 4.74 Å². The average Bonchev–Trinajstić information content (AvgIpc) is 3.15. The van der Waals surface area contributed by atoms with Gasteiger partial charge in [-0.3, -0.25) is 0 Å². The molecule has 1 aliphatic rings. The highest BCUT2D eigenvalue weighted by Crippen LogP contribution is 2.32. The number of carbonyl (C=O) groups is 1. The third kappa shape index (κ3) is 3.43. The molecule has 0 spiro atoms. The highest BCUT2D eigenvalue weighted by Gasteiger charge is 2.21. The second kappa shape index (κ2) is 7.05. The van der Waals surface area contributed by atoms with Crippen LogP contribution in [0.15, 0.2) is 34.6 Å². The van der Waals surface area contributed by atoms with Crippen LogP contribution in [0.5, 0.6) is 5.75 Å². The van der Waals surface area contributed by atoms with Gasteiger partial charge in [-0.2, -0.15) is 0 Å². The Bertz CT molecular complexity index is 765. The van der Waals surface area contributed by atoms with Gasteiger partial charge in [0.25, 0.3) is 0 Å². The second-order valence-electron chi connectivity index (χ2n) is 5.81. The fourth-order valence-corrected chi connectivity index (χ4v) is 3.78. The number of hydrogen-bond donors (Lipinski definition) is 1. The highest BCUT2D eigenvalue weighted by molar-refractivity contribution is 7.14. The molecule has 1 N–H and O–H groups in total. The van der Waals surface area contributed by atoms with E-state index in [1.165, 1.54) is 16.9 Å². The van der Waals surface area contributed by atoms with Gasteiger partial charge in [0.1, 0.15) is 16.6 Å². The number of amidine groups is 1. The molecule has 6 heteroatoms. The molecule has 3 rings (SSSR count).